The number of benzene rings is 1. The Balaban J connectivity index is 1.81. The predicted octanol–water partition coefficient (Wildman–Crippen LogP) is 2.45. The molecule has 1 fully saturated rings. The first-order chi connectivity index (χ1) is 11.0. The molecule has 1 atom stereocenters. The van der Waals surface area contributed by atoms with Gasteiger partial charge in [-0.1, -0.05) is 11.6 Å². The zero-order chi connectivity index (χ0) is 16.4. The molecule has 1 aromatic rings. The van der Waals surface area contributed by atoms with Crippen LogP contribution in [0.15, 0.2) is 30.1 Å². The monoisotopic (exact) mass is 338 g/mol. The molecule has 0 amide bonds. The number of nitrogens with two attached hydrogens (primary N) is 1. The number of hydrogen-bond acceptors (Lipinski definition) is 4. The molecular formula is C17H24ClFN4. The van der Waals surface area contributed by atoms with Crippen molar-refractivity contribution in [3.8, 4) is 0 Å². The summed E-state index contributed by atoms with van der Waals surface area (Å²) in [5.41, 5.74) is 6.95. The second-order valence-corrected chi connectivity index (χ2v) is 6.93. The lowest BCUT2D eigenvalue weighted by atomic mass is 10.1. The van der Waals surface area contributed by atoms with Crippen molar-refractivity contribution in [2.75, 3.05) is 33.4 Å². The van der Waals surface area contributed by atoms with Gasteiger partial charge >= 0.3 is 0 Å². The van der Waals surface area contributed by atoms with Gasteiger partial charge in [-0.2, -0.15) is 0 Å². The summed E-state index contributed by atoms with van der Waals surface area (Å²) in [5, 5.41) is 0.606. The number of rotatable bonds is 3. The number of hydrogen-bond donors (Lipinski definition) is 1. The van der Waals surface area contributed by atoms with Gasteiger partial charge in [-0.05, 0) is 49.7 Å². The molecule has 2 aliphatic rings. The Morgan fingerprint density at radius 2 is 2.22 bits per heavy atom. The number of piperidine rings is 1. The van der Waals surface area contributed by atoms with E-state index in [1.165, 1.54) is 18.0 Å². The summed E-state index contributed by atoms with van der Waals surface area (Å²) in [5.74, 6) is 0.943. The molecule has 2 heterocycles. The van der Waals surface area contributed by atoms with Gasteiger partial charge in [0.25, 0.3) is 0 Å². The van der Waals surface area contributed by atoms with Gasteiger partial charge in [0.05, 0.1) is 6.67 Å². The standard InChI is InChI=1S/C17H24ClFN4/c1-21-8-6-17(22-7-2-3-15(20)11-22)23(12-21)10-13-9-14(19)4-5-16(13)18/h4-6,9,15H,2-3,7-8,10-12,20H2,1H3/t15-/m1/s1. The highest BCUT2D eigenvalue weighted by Gasteiger charge is 2.26. The lowest BCUT2D eigenvalue weighted by Crippen LogP contribution is -2.50. The summed E-state index contributed by atoms with van der Waals surface area (Å²) in [4.78, 5) is 6.83. The summed E-state index contributed by atoms with van der Waals surface area (Å²) in [6, 6.07) is 4.77. The Morgan fingerprint density at radius 3 is 3.00 bits per heavy atom. The molecule has 0 bridgehead atoms. The van der Waals surface area contributed by atoms with E-state index in [1.54, 1.807) is 6.07 Å². The van der Waals surface area contributed by atoms with E-state index >= 15 is 0 Å². The van der Waals surface area contributed by atoms with Gasteiger partial charge in [-0.15, -0.1) is 0 Å². The van der Waals surface area contributed by atoms with Crippen LogP contribution in [-0.2, 0) is 6.54 Å². The molecule has 0 saturated carbocycles. The molecule has 2 aliphatic heterocycles. The van der Waals surface area contributed by atoms with Crippen molar-refractivity contribution in [1.82, 2.24) is 14.7 Å². The third kappa shape index (κ3) is 3.97. The van der Waals surface area contributed by atoms with Crippen LogP contribution in [0.2, 0.25) is 5.02 Å². The lowest BCUT2D eigenvalue weighted by molar-refractivity contribution is 0.104. The van der Waals surface area contributed by atoms with Gasteiger partial charge in [0.2, 0.25) is 0 Å². The third-order valence-corrected chi connectivity index (χ3v) is 4.84. The molecule has 0 spiro atoms. The summed E-state index contributed by atoms with van der Waals surface area (Å²) < 4.78 is 13.6. The molecule has 0 aromatic heterocycles. The van der Waals surface area contributed by atoms with E-state index in [-0.39, 0.29) is 11.9 Å². The van der Waals surface area contributed by atoms with E-state index in [2.05, 4.69) is 27.8 Å². The minimum absolute atomic E-state index is 0.226. The third-order valence-electron chi connectivity index (χ3n) is 4.47. The van der Waals surface area contributed by atoms with E-state index in [9.17, 15) is 4.39 Å². The highest BCUT2D eigenvalue weighted by Crippen LogP contribution is 2.25. The lowest BCUT2D eigenvalue weighted by Gasteiger charge is -2.43. The molecule has 0 unspecified atom stereocenters. The van der Waals surface area contributed by atoms with E-state index in [1.807, 2.05) is 0 Å². The first-order valence-electron chi connectivity index (χ1n) is 8.11. The van der Waals surface area contributed by atoms with Crippen molar-refractivity contribution in [3.05, 3.63) is 46.5 Å². The fourth-order valence-corrected chi connectivity index (χ4v) is 3.51. The van der Waals surface area contributed by atoms with E-state index < -0.39 is 0 Å². The van der Waals surface area contributed by atoms with Gasteiger partial charge in [0.15, 0.2) is 0 Å². The van der Waals surface area contributed by atoms with Crippen LogP contribution in [0.5, 0.6) is 0 Å². The second-order valence-electron chi connectivity index (χ2n) is 6.52. The van der Waals surface area contributed by atoms with Gasteiger partial charge in [0.1, 0.15) is 11.6 Å². The minimum atomic E-state index is -0.250. The average molecular weight is 339 g/mol. The average Bonchev–Trinajstić information content (AvgIpc) is 2.51. The molecular weight excluding hydrogens is 315 g/mol. The van der Waals surface area contributed by atoms with Crippen LogP contribution in [0.1, 0.15) is 18.4 Å². The van der Waals surface area contributed by atoms with Crippen molar-refractivity contribution in [2.45, 2.75) is 25.4 Å². The topological polar surface area (TPSA) is 35.7 Å². The highest BCUT2D eigenvalue weighted by atomic mass is 35.5. The molecule has 1 saturated heterocycles. The molecule has 23 heavy (non-hydrogen) atoms. The highest BCUT2D eigenvalue weighted by molar-refractivity contribution is 6.31. The van der Waals surface area contributed by atoms with Crippen molar-refractivity contribution < 1.29 is 4.39 Å². The smallest absolute Gasteiger partial charge is 0.123 e. The van der Waals surface area contributed by atoms with Gasteiger partial charge < -0.3 is 15.5 Å². The second kappa shape index (κ2) is 7.07. The number of likely N-dealkylation sites (tertiary alicyclic amines) is 1. The molecule has 126 valence electrons. The van der Waals surface area contributed by atoms with E-state index in [4.69, 9.17) is 17.3 Å². The Morgan fingerprint density at radius 1 is 1.39 bits per heavy atom. The molecule has 1 aromatic carbocycles. The van der Waals surface area contributed by atoms with Crippen LogP contribution in [0, 0.1) is 5.82 Å². The Bertz CT molecular complexity index is 592. The van der Waals surface area contributed by atoms with Crippen molar-refractivity contribution in [2.24, 2.45) is 5.73 Å². The van der Waals surface area contributed by atoms with Crippen LogP contribution >= 0.6 is 11.6 Å². The molecule has 3 rings (SSSR count). The maximum Gasteiger partial charge on any atom is 0.123 e. The van der Waals surface area contributed by atoms with Crippen LogP contribution in [0.3, 0.4) is 0 Å². The molecule has 2 N–H and O–H groups in total. The largest absolute Gasteiger partial charge is 0.357 e. The number of nitrogens with zero attached hydrogens (tertiary/aromatic N) is 3. The van der Waals surface area contributed by atoms with Gasteiger partial charge in [-0.25, -0.2) is 4.39 Å². The van der Waals surface area contributed by atoms with Crippen LogP contribution in [0.25, 0.3) is 0 Å². The Kier molecular flexibility index (Phi) is 5.09. The first kappa shape index (κ1) is 16.6. The quantitative estimate of drug-likeness (QED) is 0.918. The first-order valence-corrected chi connectivity index (χ1v) is 8.49. The Hall–Kier alpha value is -1.30. The van der Waals surface area contributed by atoms with E-state index in [0.717, 1.165) is 44.7 Å². The Labute approximate surface area is 142 Å². The zero-order valence-electron chi connectivity index (χ0n) is 13.5. The maximum atomic E-state index is 13.6. The van der Waals surface area contributed by atoms with E-state index in [0.29, 0.717) is 11.6 Å². The van der Waals surface area contributed by atoms with Crippen LogP contribution in [-0.4, -0.2) is 54.1 Å². The summed E-state index contributed by atoms with van der Waals surface area (Å²) >= 11 is 6.25. The van der Waals surface area contributed by atoms with Gasteiger partial charge in [-0.3, -0.25) is 4.90 Å². The van der Waals surface area contributed by atoms with Crippen LogP contribution < -0.4 is 5.73 Å². The molecule has 0 aliphatic carbocycles. The van der Waals surface area contributed by atoms with Crippen molar-refractivity contribution in [3.63, 3.8) is 0 Å². The molecule has 6 heteroatoms. The SMILES string of the molecule is CN1CC=C(N2CCC[C@@H](N)C2)N(Cc2cc(F)ccc2Cl)C1. The summed E-state index contributed by atoms with van der Waals surface area (Å²) in [6.07, 6.45) is 4.43. The number of halogens is 2. The summed E-state index contributed by atoms with van der Waals surface area (Å²) in [6.45, 7) is 4.21. The molecule has 4 nitrogen and oxygen atoms in total. The van der Waals surface area contributed by atoms with Gasteiger partial charge in [0, 0.05) is 37.2 Å². The minimum Gasteiger partial charge on any atom is -0.357 e. The zero-order valence-corrected chi connectivity index (χ0v) is 14.3. The molecule has 0 radical (unpaired) electrons. The van der Waals surface area contributed by atoms with Crippen LogP contribution in [0.4, 0.5) is 4.39 Å². The maximum absolute atomic E-state index is 13.6. The van der Waals surface area contributed by atoms with Crippen molar-refractivity contribution in [1.29, 1.82) is 0 Å². The fraction of sp³-hybridized carbons (Fsp3) is 0.529. The normalized spacial score (nSPS) is 23.1. The fourth-order valence-electron chi connectivity index (χ4n) is 3.34. The summed E-state index contributed by atoms with van der Waals surface area (Å²) in [7, 11) is 2.08. The van der Waals surface area contributed by atoms with Crippen molar-refractivity contribution >= 4 is 11.6 Å². The predicted molar refractivity (Wildman–Crippen MR) is 91.3 cm³/mol. The number of likely N-dealkylation sites (N-methyl/N-ethyl adjacent to an activating group) is 1.